The van der Waals surface area contributed by atoms with Crippen LogP contribution >= 0.6 is 11.6 Å². The molecule has 142 valence electrons. The van der Waals surface area contributed by atoms with Gasteiger partial charge in [-0.1, -0.05) is 17.7 Å². The molecule has 28 heavy (non-hydrogen) atoms. The lowest BCUT2D eigenvalue weighted by atomic mass is 9.84. The van der Waals surface area contributed by atoms with Crippen LogP contribution in [0.5, 0.6) is 0 Å². The van der Waals surface area contributed by atoms with Crippen molar-refractivity contribution < 1.29 is 14.0 Å². The van der Waals surface area contributed by atoms with Crippen LogP contribution in [-0.4, -0.2) is 16.7 Å². The molecule has 0 saturated heterocycles. The van der Waals surface area contributed by atoms with Gasteiger partial charge in [-0.3, -0.25) is 14.4 Å². The molecule has 2 aromatic heterocycles. The average molecular weight is 397 g/mol. The van der Waals surface area contributed by atoms with Crippen LogP contribution in [0.15, 0.2) is 51.9 Å². The molecule has 6 nitrogen and oxygen atoms in total. The minimum Gasteiger partial charge on any atom is -0.469 e. The molecule has 0 fully saturated rings. The van der Waals surface area contributed by atoms with E-state index in [2.05, 4.69) is 10.3 Å². The summed E-state index contributed by atoms with van der Waals surface area (Å²) in [5.74, 6) is -0.139. The number of pyridine rings is 1. The number of hydrogen-bond acceptors (Lipinski definition) is 4. The first-order valence-corrected chi connectivity index (χ1v) is 9.20. The summed E-state index contributed by atoms with van der Waals surface area (Å²) >= 11 is 5.98. The van der Waals surface area contributed by atoms with Gasteiger partial charge in [0, 0.05) is 34.3 Å². The van der Waals surface area contributed by atoms with E-state index in [0.29, 0.717) is 34.1 Å². The quantitative estimate of drug-likeness (QED) is 0.697. The number of aromatic nitrogens is 1. The smallest absolute Gasteiger partial charge is 0.261 e. The highest BCUT2D eigenvalue weighted by molar-refractivity contribution is 6.31. The number of nitrogens with one attached hydrogen (secondary N) is 2. The lowest BCUT2D eigenvalue weighted by molar-refractivity contribution is 0.0959. The van der Waals surface area contributed by atoms with Crippen LogP contribution in [0, 0.1) is 6.92 Å². The van der Waals surface area contributed by atoms with Gasteiger partial charge in [0.1, 0.15) is 11.3 Å². The maximum Gasteiger partial charge on any atom is 0.261 e. The number of Topliss-reactive ketones (excluding diaryl/α,β-unsaturated/α-hetero) is 1. The molecule has 2 N–H and O–H groups in total. The molecule has 0 bridgehead atoms. The molecule has 1 aromatic carbocycles. The van der Waals surface area contributed by atoms with Crippen LogP contribution in [-0.2, 0) is 6.42 Å². The van der Waals surface area contributed by atoms with Crippen molar-refractivity contribution in [3.8, 4) is 0 Å². The molecule has 1 amide bonds. The van der Waals surface area contributed by atoms with E-state index < -0.39 is 11.5 Å². The number of amides is 1. The van der Waals surface area contributed by atoms with Crippen LogP contribution in [0.2, 0.25) is 5.02 Å². The van der Waals surface area contributed by atoms with Crippen molar-refractivity contribution in [2.45, 2.75) is 25.7 Å². The molecular formula is C21H17ClN2O4. The number of furan rings is 1. The predicted octanol–water partition coefficient (Wildman–Crippen LogP) is 4.09. The van der Waals surface area contributed by atoms with Gasteiger partial charge < -0.3 is 14.7 Å². The van der Waals surface area contributed by atoms with Crippen molar-refractivity contribution in [3.63, 3.8) is 0 Å². The van der Waals surface area contributed by atoms with E-state index in [1.54, 1.807) is 30.5 Å². The van der Waals surface area contributed by atoms with Gasteiger partial charge in [0.05, 0.1) is 6.26 Å². The largest absolute Gasteiger partial charge is 0.469 e. The van der Waals surface area contributed by atoms with Crippen LogP contribution < -0.4 is 10.9 Å². The van der Waals surface area contributed by atoms with Crippen LogP contribution in [0.1, 0.15) is 50.1 Å². The zero-order valence-electron chi connectivity index (χ0n) is 15.0. The number of benzene rings is 1. The number of carbonyl (C=O) groups is 2. The third kappa shape index (κ3) is 3.39. The van der Waals surface area contributed by atoms with E-state index in [1.807, 2.05) is 13.0 Å². The maximum atomic E-state index is 12.6. The van der Waals surface area contributed by atoms with Crippen LogP contribution in [0.25, 0.3) is 0 Å². The van der Waals surface area contributed by atoms with Gasteiger partial charge in [-0.25, -0.2) is 0 Å². The lowest BCUT2D eigenvalue weighted by Crippen LogP contribution is -2.29. The zero-order valence-corrected chi connectivity index (χ0v) is 15.8. The third-order valence-corrected chi connectivity index (χ3v) is 5.18. The van der Waals surface area contributed by atoms with Crippen molar-refractivity contribution in [2.75, 3.05) is 5.32 Å². The van der Waals surface area contributed by atoms with E-state index in [9.17, 15) is 14.4 Å². The minimum absolute atomic E-state index is 0.108. The second kappa shape index (κ2) is 7.13. The molecule has 0 saturated carbocycles. The summed E-state index contributed by atoms with van der Waals surface area (Å²) in [4.78, 5) is 40.5. The highest BCUT2D eigenvalue weighted by Crippen LogP contribution is 2.32. The lowest BCUT2D eigenvalue weighted by Gasteiger charge is -2.22. The number of ketones is 1. The minimum atomic E-state index is -0.588. The van der Waals surface area contributed by atoms with Crippen molar-refractivity contribution in [3.05, 3.63) is 86.2 Å². The monoisotopic (exact) mass is 396 g/mol. The third-order valence-electron chi connectivity index (χ3n) is 4.94. The Morgan fingerprint density at radius 2 is 2.04 bits per heavy atom. The van der Waals surface area contributed by atoms with Crippen LogP contribution in [0.4, 0.5) is 5.69 Å². The Morgan fingerprint density at radius 1 is 1.21 bits per heavy atom. The fraction of sp³-hybridized carbons (Fsp3) is 0.190. The molecule has 2 heterocycles. The SMILES string of the molecule is Cc1ccc(Cl)cc1NC(=O)c1cc2c([nH]c1=O)C[C@H](c1ccco1)CC2=O. The summed E-state index contributed by atoms with van der Waals surface area (Å²) in [6, 6.07) is 10.1. The zero-order chi connectivity index (χ0) is 19.8. The Balaban J connectivity index is 1.65. The number of fused-ring (bicyclic) bond motifs is 1. The summed E-state index contributed by atoms with van der Waals surface area (Å²) in [5.41, 5.74) is 1.57. The second-order valence-electron chi connectivity index (χ2n) is 6.86. The summed E-state index contributed by atoms with van der Waals surface area (Å²) in [6.45, 7) is 1.82. The normalized spacial score (nSPS) is 15.9. The van der Waals surface area contributed by atoms with E-state index in [4.69, 9.17) is 16.0 Å². The highest BCUT2D eigenvalue weighted by Gasteiger charge is 2.30. The molecule has 7 heteroatoms. The van der Waals surface area contributed by atoms with Crippen LogP contribution in [0.3, 0.4) is 0 Å². The van der Waals surface area contributed by atoms with E-state index in [1.165, 1.54) is 6.07 Å². The molecule has 3 aromatic rings. The van der Waals surface area contributed by atoms with Crippen molar-refractivity contribution in [1.29, 1.82) is 0 Å². The van der Waals surface area contributed by atoms with Gasteiger partial charge >= 0.3 is 0 Å². The Bertz CT molecular complexity index is 1130. The van der Waals surface area contributed by atoms with Gasteiger partial charge in [-0.15, -0.1) is 0 Å². The summed E-state index contributed by atoms with van der Waals surface area (Å²) in [5, 5.41) is 3.16. The standard InChI is InChI=1S/C21H17ClN2O4/c1-11-4-5-13(22)9-16(11)23-20(26)15-10-14-17(24-21(15)27)7-12(8-18(14)25)19-3-2-6-28-19/h2-6,9-10,12H,7-8H2,1H3,(H,23,26)(H,24,27)/t12-/m0/s1. The molecular weight excluding hydrogens is 380 g/mol. The number of aromatic amines is 1. The number of aryl methyl sites for hydroxylation is 1. The highest BCUT2D eigenvalue weighted by atomic mass is 35.5. The Kier molecular flexibility index (Phi) is 4.65. The van der Waals surface area contributed by atoms with Crippen molar-refractivity contribution in [1.82, 2.24) is 4.98 Å². The number of rotatable bonds is 3. The molecule has 1 aliphatic rings. The number of carbonyl (C=O) groups excluding carboxylic acids is 2. The number of H-pyrrole nitrogens is 1. The van der Waals surface area contributed by atoms with E-state index in [-0.39, 0.29) is 23.7 Å². The van der Waals surface area contributed by atoms with Gasteiger partial charge in [-0.2, -0.15) is 0 Å². The molecule has 0 aliphatic heterocycles. The average Bonchev–Trinajstić information content (AvgIpc) is 3.18. The van der Waals surface area contributed by atoms with Gasteiger partial charge in [0.2, 0.25) is 0 Å². The number of halogens is 1. The van der Waals surface area contributed by atoms with Gasteiger partial charge in [0.25, 0.3) is 11.5 Å². The van der Waals surface area contributed by atoms with E-state index >= 15 is 0 Å². The first-order chi connectivity index (χ1) is 13.4. The topological polar surface area (TPSA) is 92.2 Å². The first-order valence-electron chi connectivity index (χ1n) is 8.82. The summed E-state index contributed by atoms with van der Waals surface area (Å²) < 4.78 is 5.40. The first kappa shape index (κ1) is 18.3. The maximum absolute atomic E-state index is 12.6. The van der Waals surface area contributed by atoms with Gasteiger partial charge in [0.15, 0.2) is 5.78 Å². The summed E-state index contributed by atoms with van der Waals surface area (Å²) in [7, 11) is 0. The van der Waals surface area contributed by atoms with Crippen molar-refractivity contribution >= 4 is 29.0 Å². The summed E-state index contributed by atoms with van der Waals surface area (Å²) in [6.07, 6.45) is 2.30. The van der Waals surface area contributed by atoms with Crippen molar-refractivity contribution in [2.24, 2.45) is 0 Å². The van der Waals surface area contributed by atoms with E-state index in [0.717, 1.165) is 5.56 Å². The van der Waals surface area contributed by atoms with Gasteiger partial charge in [-0.05, 0) is 49.2 Å². The number of anilines is 1. The fourth-order valence-electron chi connectivity index (χ4n) is 3.44. The Hall–Kier alpha value is -3.12. The Morgan fingerprint density at radius 3 is 2.79 bits per heavy atom. The molecule has 0 unspecified atom stereocenters. The Labute approximate surface area is 165 Å². The molecule has 4 rings (SSSR count). The molecule has 1 atom stereocenters. The number of hydrogen-bond donors (Lipinski definition) is 2. The fourth-order valence-corrected chi connectivity index (χ4v) is 3.61. The molecule has 1 aliphatic carbocycles. The second-order valence-corrected chi connectivity index (χ2v) is 7.30. The molecule has 0 radical (unpaired) electrons. The molecule has 0 spiro atoms. The predicted molar refractivity (Wildman–Crippen MR) is 105 cm³/mol.